The van der Waals surface area contributed by atoms with Gasteiger partial charge in [-0.2, -0.15) is 0 Å². The van der Waals surface area contributed by atoms with E-state index in [4.69, 9.17) is 16.3 Å². The number of nitrogens with one attached hydrogen (secondary N) is 1. The lowest BCUT2D eigenvalue weighted by Crippen LogP contribution is -2.20. The number of rotatable bonds is 5. The SMILES string of the molecule is CCN1c2ncc(CCOc3ccnc4ccccc34)cc2C(=O)Nc2c(C)cc(Cl)nc21. The van der Waals surface area contributed by atoms with Gasteiger partial charge in [-0.1, -0.05) is 23.7 Å². The summed E-state index contributed by atoms with van der Waals surface area (Å²) in [5, 5.41) is 4.33. The van der Waals surface area contributed by atoms with Gasteiger partial charge in [-0.25, -0.2) is 9.97 Å². The predicted octanol–water partition coefficient (Wildman–Crippen LogP) is 5.33. The van der Waals surface area contributed by atoms with Crippen molar-refractivity contribution in [2.24, 2.45) is 0 Å². The third-order valence-electron chi connectivity index (χ3n) is 5.66. The molecular formula is C25H22ClN5O2. The average molecular weight is 460 g/mol. The van der Waals surface area contributed by atoms with Gasteiger partial charge in [0, 0.05) is 30.7 Å². The molecule has 1 aromatic carbocycles. The molecule has 0 radical (unpaired) electrons. The maximum absolute atomic E-state index is 13.1. The summed E-state index contributed by atoms with van der Waals surface area (Å²) >= 11 is 6.20. The van der Waals surface area contributed by atoms with Crippen LogP contribution in [0.2, 0.25) is 5.15 Å². The predicted molar refractivity (Wildman–Crippen MR) is 130 cm³/mol. The van der Waals surface area contributed by atoms with Crippen LogP contribution in [0.5, 0.6) is 5.75 Å². The van der Waals surface area contributed by atoms with Crippen LogP contribution in [0.25, 0.3) is 10.9 Å². The second kappa shape index (κ2) is 8.67. The molecule has 1 aliphatic rings. The van der Waals surface area contributed by atoms with Crippen LogP contribution in [0.1, 0.15) is 28.4 Å². The van der Waals surface area contributed by atoms with Gasteiger partial charge >= 0.3 is 0 Å². The van der Waals surface area contributed by atoms with Gasteiger partial charge in [0.15, 0.2) is 5.82 Å². The van der Waals surface area contributed by atoms with Gasteiger partial charge in [0.05, 0.1) is 23.4 Å². The number of benzene rings is 1. The monoisotopic (exact) mass is 459 g/mol. The summed E-state index contributed by atoms with van der Waals surface area (Å²) in [4.78, 5) is 28.5. The number of para-hydroxylation sites is 1. The molecule has 4 aromatic rings. The Kier molecular flexibility index (Phi) is 5.56. The molecule has 0 saturated heterocycles. The molecule has 0 saturated carbocycles. The summed E-state index contributed by atoms with van der Waals surface area (Å²) in [7, 11) is 0. The van der Waals surface area contributed by atoms with Gasteiger partial charge in [-0.05, 0) is 55.3 Å². The summed E-state index contributed by atoms with van der Waals surface area (Å²) in [5.41, 5.74) is 3.80. The van der Waals surface area contributed by atoms with Gasteiger partial charge in [0.2, 0.25) is 0 Å². The van der Waals surface area contributed by atoms with Crippen LogP contribution in [-0.2, 0) is 6.42 Å². The Bertz CT molecular complexity index is 1370. The smallest absolute Gasteiger partial charge is 0.259 e. The first kappa shape index (κ1) is 21.2. The first-order valence-electron chi connectivity index (χ1n) is 10.8. The van der Waals surface area contributed by atoms with Crippen LogP contribution >= 0.6 is 11.6 Å². The Morgan fingerprint density at radius 3 is 2.82 bits per heavy atom. The van der Waals surface area contributed by atoms with Crippen LogP contribution in [-0.4, -0.2) is 34.0 Å². The molecule has 1 aliphatic heterocycles. The number of amides is 1. The van der Waals surface area contributed by atoms with Gasteiger partial charge < -0.3 is 15.0 Å². The standard InChI is InChI=1S/C25H22ClN5O2/c1-3-31-23-18(25(32)30-22-15(2)12-21(26)29-24(22)31)13-16(14-28-23)9-11-33-20-8-10-27-19-7-5-4-6-17(19)20/h4-8,10,12-14H,3,9,11H2,1-2H3,(H,30,32). The molecule has 0 bridgehead atoms. The first-order valence-corrected chi connectivity index (χ1v) is 11.1. The Morgan fingerprint density at radius 2 is 1.97 bits per heavy atom. The maximum atomic E-state index is 13.1. The minimum Gasteiger partial charge on any atom is -0.492 e. The molecule has 5 rings (SSSR count). The van der Waals surface area contributed by atoms with Gasteiger partial charge in [0.1, 0.15) is 16.7 Å². The zero-order valence-corrected chi connectivity index (χ0v) is 19.1. The third-order valence-corrected chi connectivity index (χ3v) is 5.85. The molecule has 0 unspecified atom stereocenters. The Hall–Kier alpha value is -3.71. The van der Waals surface area contributed by atoms with Crippen molar-refractivity contribution in [1.29, 1.82) is 0 Å². The van der Waals surface area contributed by atoms with Crippen LogP contribution in [0.3, 0.4) is 0 Å². The second-order valence-electron chi connectivity index (χ2n) is 7.80. The van der Waals surface area contributed by atoms with E-state index in [1.807, 2.05) is 55.1 Å². The summed E-state index contributed by atoms with van der Waals surface area (Å²) in [6, 6.07) is 13.3. The van der Waals surface area contributed by atoms with E-state index >= 15 is 0 Å². The van der Waals surface area contributed by atoms with E-state index in [1.165, 1.54) is 0 Å². The zero-order valence-electron chi connectivity index (χ0n) is 18.3. The fourth-order valence-electron chi connectivity index (χ4n) is 4.04. The fraction of sp³-hybridized carbons (Fsp3) is 0.200. The number of anilines is 3. The van der Waals surface area contributed by atoms with E-state index in [0.717, 1.165) is 27.8 Å². The Labute approximate surface area is 196 Å². The van der Waals surface area contributed by atoms with Gasteiger partial charge in [-0.3, -0.25) is 9.78 Å². The lowest BCUT2D eigenvalue weighted by Gasteiger charge is -2.23. The van der Waals surface area contributed by atoms with E-state index in [0.29, 0.717) is 47.6 Å². The number of carbonyl (C=O) groups is 1. The molecule has 4 heterocycles. The molecule has 0 aliphatic carbocycles. The number of aryl methyl sites for hydroxylation is 1. The van der Waals surface area contributed by atoms with E-state index < -0.39 is 0 Å². The quantitative estimate of drug-likeness (QED) is 0.406. The van der Waals surface area contributed by atoms with E-state index in [2.05, 4.69) is 20.3 Å². The molecule has 166 valence electrons. The highest BCUT2D eigenvalue weighted by Gasteiger charge is 2.28. The Balaban J connectivity index is 1.40. The minimum absolute atomic E-state index is 0.218. The molecule has 0 fully saturated rings. The largest absolute Gasteiger partial charge is 0.492 e. The van der Waals surface area contributed by atoms with Crippen LogP contribution in [0, 0.1) is 6.92 Å². The topological polar surface area (TPSA) is 80.2 Å². The number of ether oxygens (including phenoxy) is 1. The number of nitrogens with zero attached hydrogens (tertiary/aromatic N) is 4. The lowest BCUT2D eigenvalue weighted by molar-refractivity contribution is 0.102. The van der Waals surface area contributed by atoms with Crippen molar-refractivity contribution >= 4 is 45.7 Å². The van der Waals surface area contributed by atoms with E-state index in [9.17, 15) is 4.79 Å². The molecule has 0 spiro atoms. The summed E-state index contributed by atoms with van der Waals surface area (Å²) < 4.78 is 6.04. The molecule has 3 aromatic heterocycles. The van der Waals surface area contributed by atoms with E-state index in [-0.39, 0.29) is 5.91 Å². The van der Waals surface area contributed by atoms with Crippen molar-refractivity contribution in [1.82, 2.24) is 15.0 Å². The number of halogens is 1. The number of fused-ring (bicyclic) bond motifs is 3. The second-order valence-corrected chi connectivity index (χ2v) is 8.19. The molecule has 33 heavy (non-hydrogen) atoms. The Morgan fingerprint density at radius 1 is 1.12 bits per heavy atom. The number of hydrogen-bond acceptors (Lipinski definition) is 6. The molecule has 1 N–H and O–H groups in total. The first-order chi connectivity index (χ1) is 16.0. The maximum Gasteiger partial charge on any atom is 0.259 e. The van der Waals surface area contributed by atoms with Crippen molar-refractivity contribution in [2.45, 2.75) is 20.3 Å². The molecular weight excluding hydrogens is 438 g/mol. The van der Waals surface area contributed by atoms with Crippen LogP contribution < -0.4 is 15.0 Å². The molecule has 0 atom stereocenters. The van der Waals surface area contributed by atoms with Gasteiger partial charge in [-0.15, -0.1) is 0 Å². The number of aromatic nitrogens is 3. The minimum atomic E-state index is -0.218. The van der Waals surface area contributed by atoms with Crippen LogP contribution in [0.4, 0.5) is 17.3 Å². The highest BCUT2D eigenvalue weighted by molar-refractivity contribution is 6.30. The molecule has 1 amide bonds. The summed E-state index contributed by atoms with van der Waals surface area (Å²) in [5.74, 6) is 1.73. The molecule has 7 nitrogen and oxygen atoms in total. The number of carbonyl (C=O) groups excluding carboxylic acids is 1. The van der Waals surface area contributed by atoms with Crippen molar-refractivity contribution in [2.75, 3.05) is 23.4 Å². The van der Waals surface area contributed by atoms with Crippen molar-refractivity contribution in [3.8, 4) is 5.75 Å². The van der Waals surface area contributed by atoms with E-state index in [1.54, 1.807) is 18.5 Å². The lowest BCUT2D eigenvalue weighted by atomic mass is 10.1. The normalized spacial score (nSPS) is 12.7. The highest BCUT2D eigenvalue weighted by atomic mass is 35.5. The highest BCUT2D eigenvalue weighted by Crippen LogP contribution is 2.38. The number of pyridine rings is 3. The van der Waals surface area contributed by atoms with Crippen LogP contribution in [0.15, 0.2) is 54.9 Å². The van der Waals surface area contributed by atoms with Crippen molar-refractivity contribution in [3.63, 3.8) is 0 Å². The zero-order chi connectivity index (χ0) is 22.9. The van der Waals surface area contributed by atoms with Crippen molar-refractivity contribution in [3.05, 3.63) is 76.7 Å². The van der Waals surface area contributed by atoms with Crippen molar-refractivity contribution < 1.29 is 9.53 Å². The fourth-order valence-corrected chi connectivity index (χ4v) is 4.28. The summed E-state index contributed by atoms with van der Waals surface area (Å²) in [6.07, 6.45) is 4.13. The van der Waals surface area contributed by atoms with Gasteiger partial charge in [0.25, 0.3) is 5.91 Å². The number of hydrogen-bond donors (Lipinski definition) is 1. The third kappa shape index (κ3) is 3.96. The summed E-state index contributed by atoms with van der Waals surface area (Å²) in [6.45, 7) is 4.93. The average Bonchev–Trinajstić information content (AvgIpc) is 2.93. The molecule has 8 heteroatoms.